The Balaban J connectivity index is 0.000000357. The van der Waals surface area contributed by atoms with Crippen LogP contribution in [0.4, 0.5) is 0 Å². The zero-order valence-electron chi connectivity index (χ0n) is 12.5. The van der Waals surface area contributed by atoms with Crippen LogP contribution >= 0.6 is 0 Å². The third-order valence-corrected chi connectivity index (χ3v) is 4.32. The number of aliphatic hydroxyl groups excluding tert-OH is 1. The summed E-state index contributed by atoms with van der Waals surface area (Å²) in [6.07, 6.45) is 12.3. The van der Waals surface area contributed by atoms with Gasteiger partial charge in [0.2, 0.25) is 0 Å². The minimum Gasteiger partial charge on any atom is -0.396 e. The first-order valence-corrected chi connectivity index (χ1v) is 7.64. The zero-order valence-corrected chi connectivity index (χ0v) is 12.5. The number of fused-ring (bicyclic) bond motifs is 1. The third-order valence-electron chi connectivity index (χ3n) is 4.32. The van der Waals surface area contributed by atoms with Crippen LogP contribution in [0, 0.1) is 23.7 Å². The Hall–Kier alpha value is -0.560. The van der Waals surface area contributed by atoms with E-state index in [1.54, 1.807) is 5.57 Å². The van der Waals surface area contributed by atoms with Crippen molar-refractivity contribution in [2.45, 2.75) is 53.4 Å². The molecule has 1 nitrogen and oxygen atoms in total. The highest BCUT2D eigenvalue weighted by molar-refractivity contribution is 5.29. The van der Waals surface area contributed by atoms with Gasteiger partial charge in [-0.1, -0.05) is 52.3 Å². The number of hydrogen-bond donors (Lipinski definition) is 1. The average Bonchev–Trinajstić information content (AvgIpc) is 2.39. The van der Waals surface area contributed by atoms with Crippen LogP contribution in [-0.4, -0.2) is 11.7 Å². The molecule has 0 saturated heterocycles. The van der Waals surface area contributed by atoms with E-state index in [1.807, 2.05) is 6.92 Å². The molecule has 0 aromatic carbocycles. The normalized spacial score (nSPS) is 34.2. The van der Waals surface area contributed by atoms with Crippen molar-refractivity contribution in [1.29, 1.82) is 0 Å². The van der Waals surface area contributed by atoms with Crippen molar-refractivity contribution >= 4 is 0 Å². The highest BCUT2D eigenvalue weighted by atomic mass is 16.2. The number of rotatable bonds is 2. The predicted octanol–water partition coefficient (Wildman–Crippen LogP) is 4.58. The summed E-state index contributed by atoms with van der Waals surface area (Å²) in [4.78, 5) is 0. The fraction of sp³-hybridized carbons (Fsp3) is 0.765. The third kappa shape index (κ3) is 3.98. The molecule has 1 heteroatoms. The molecule has 1 N–H and O–H groups in total. The number of allylic oxidation sites excluding steroid dienone is 4. The van der Waals surface area contributed by atoms with E-state index in [2.05, 4.69) is 39.0 Å². The summed E-state index contributed by atoms with van der Waals surface area (Å²) < 4.78 is 0. The van der Waals surface area contributed by atoms with E-state index in [0.717, 1.165) is 30.1 Å². The van der Waals surface area contributed by atoms with Crippen LogP contribution in [0.25, 0.3) is 0 Å². The molecular formula is C17H30O. The second-order valence-corrected chi connectivity index (χ2v) is 5.84. The van der Waals surface area contributed by atoms with Gasteiger partial charge in [-0.2, -0.15) is 0 Å². The highest BCUT2D eigenvalue weighted by Gasteiger charge is 2.31. The lowest BCUT2D eigenvalue weighted by Crippen LogP contribution is -2.27. The molecule has 0 heterocycles. The van der Waals surface area contributed by atoms with Crippen LogP contribution < -0.4 is 0 Å². The molecule has 18 heavy (non-hydrogen) atoms. The lowest BCUT2D eigenvalue weighted by molar-refractivity contribution is 0.257. The Bertz CT molecular complexity index is 288. The molecule has 0 aromatic rings. The predicted molar refractivity (Wildman–Crippen MR) is 79.4 cm³/mol. The van der Waals surface area contributed by atoms with Gasteiger partial charge in [-0.05, 0) is 48.5 Å². The molecule has 4 atom stereocenters. The topological polar surface area (TPSA) is 20.2 Å². The Morgan fingerprint density at radius 3 is 2.44 bits per heavy atom. The van der Waals surface area contributed by atoms with Crippen molar-refractivity contribution in [3.05, 3.63) is 23.8 Å². The summed E-state index contributed by atoms with van der Waals surface area (Å²) in [6.45, 7) is 9.31. The molecule has 2 rings (SSSR count). The lowest BCUT2D eigenvalue weighted by atomic mass is 9.67. The molecule has 0 amide bonds. The van der Waals surface area contributed by atoms with Crippen molar-refractivity contribution in [1.82, 2.24) is 0 Å². The summed E-state index contributed by atoms with van der Waals surface area (Å²) >= 11 is 0. The molecule has 0 saturated carbocycles. The van der Waals surface area contributed by atoms with Gasteiger partial charge >= 0.3 is 0 Å². The molecule has 0 aliphatic heterocycles. The van der Waals surface area contributed by atoms with Crippen molar-refractivity contribution in [3.8, 4) is 0 Å². The van der Waals surface area contributed by atoms with E-state index < -0.39 is 0 Å². The van der Waals surface area contributed by atoms with Crippen LogP contribution in [0.5, 0.6) is 0 Å². The molecule has 3 unspecified atom stereocenters. The van der Waals surface area contributed by atoms with Crippen LogP contribution in [0.15, 0.2) is 23.8 Å². The molecule has 0 spiro atoms. The summed E-state index contributed by atoms with van der Waals surface area (Å²) in [7, 11) is 0. The average molecular weight is 250 g/mol. The highest BCUT2D eigenvalue weighted by Crippen LogP contribution is 2.42. The standard InChI is InChI=1S/C14H22.C3H8O/c1-4-13-11(3)6-7-12-9-10(2)5-8-14(12)13;1-2-3-4/h6-7,9-11,13-14H,4-5,8H2,1-3H3;4H,2-3H2,1H3/t10-,11?,13?,14?;/m1./s1. The monoisotopic (exact) mass is 250 g/mol. The molecule has 0 bridgehead atoms. The zero-order chi connectivity index (χ0) is 13.5. The van der Waals surface area contributed by atoms with Gasteiger partial charge in [-0.25, -0.2) is 0 Å². The molecule has 0 aromatic heterocycles. The number of hydrogen-bond acceptors (Lipinski definition) is 1. The van der Waals surface area contributed by atoms with Crippen molar-refractivity contribution in [2.24, 2.45) is 23.7 Å². The summed E-state index contributed by atoms with van der Waals surface area (Å²) in [5.41, 5.74) is 1.63. The molecule has 2 aliphatic rings. The SMILES string of the molecule is CCC1C(C)C=CC2=C[C@H](C)CCC21.CCCO. The Morgan fingerprint density at radius 1 is 1.22 bits per heavy atom. The fourth-order valence-corrected chi connectivity index (χ4v) is 3.21. The van der Waals surface area contributed by atoms with Crippen LogP contribution in [0.1, 0.15) is 53.4 Å². The van der Waals surface area contributed by atoms with Gasteiger partial charge in [0, 0.05) is 6.61 Å². The van der Waals surface area contributed by atoms with E-state index in [9.17, 15) is 0 Å². The molecule has 0 radical (unpaired) electrons. The Labute approximate surface area is 113 Å². The van der Waals surface area contributed by atoms with Gasteiger partial charge in [0.05, 0.1) is 0 Å². The van der Waals surface area contributed by atoms with Gasteiger partial charge in [-0.3, -0.25) is 0 Å². The van der Waals surface area contributed by atoms with Crippen LogP contribution in [0.2, 0.25) is 0 Å². The molecule has 0 fully saturated rings. The second kappa shape index (κ2) is 7.78. The Kier molecular flexibility index (Phi) is 6.70. The first-order chi connectivity index (χ1) is 8.63. The summed E-state index contributed by atoms with van der Waals surface area (Å²) in [5, 5.41) is 7.88. The van der Waals surface area contributed by atoms with Crippen LogP contribution in [-0.2, 0) is 0 Å². The maximum absolute atomic E-state index is 7.88. The maximum atomic E-state index is 7.88. The first-order valence-electron chi connectivity index (χ1n) is 7.64. The minimum absolute atomic E-state index is 0.319. The maximum Gasteiger partial charge on any atom is 0.0428 e. The summed E-state index contributed by atoms with van der Waals surface area (Å²) in [6, 6.07) is 0. The van der Waals surface area contributed by atoms with Crippen molar-refractivity contribution in [3.63, 3.8) is 0 Å². The smallest absolute Gasteiger partial charge is 0.0428 e. The molecular weight excluding hydrogens is 220 g/mol. The van der Waals surface area contributed by atoms with Crippen molar-refractivity contribution in [2.75, 3.05) is 6.61 Å². The van der Waals surface area contributed by atoms with Gasteiger partial charge in [0.15, 0.2) is 0 Å². The van der Waals surface area contributed by atoms with Crippen molar-refractivity contribution < 1.29 is 5.11 Å². The van der Waals surface area contributed by atoms with E-state index in [0.29, 0.717) is 6.61 Å². The van der Waals surface area contributed by atoms with E-state index in [-0.39, 0.29) is 0 Å². The minimum atomic E-state index is 0.319. The second-order valence-electron chi connectivity index (χ2n) is 5.84. The Morgan fingerprint density at radius 2 is 1.89 bits per heavy atom. The van der Waals surface area contributed by atoms with Gasteiger partial charge in [0.25, 0.3) is 0 Å². The van der Waals surface area contributed by atoms with E-state index >= 15 is 0 Å². The van der Waals surface area contributed by atoms with Gasteiger partial charge in [-0.15, -0.1) is 0 Å². The van der Waals surface area contributed by atoms with E-state index in [1.165, 1.54) is 19.3 Å². The molecule has 2 aliphatic carbocycles. The molecule has 104 valence electrons. The quantitative estimate of drug-likeness (QED) is 0.760. The summed E-state index contributed by atoms with van der Waals surface area (Å²) in [5.74, 6) is 3.36. The largest absolute Gasteiger partial charge is 0.396 e. The van der Waals surface area contributed by atoms with Gasteiger partial charge in [0.1, 0.15) is 0 Å². The van der Waals surface area contributed by atoms with Gasteiger partial charge < -0.3 is 5.11 Å². The lowest BCUT2D eigenvalue weighted by Gasteiger charge is -2.38. The first kappa shape index (κ1) is 15.5. The van der Waals surface area contributed by atoms with E-state index in [4.69, 9.17) is 5.11 Å². The number of aliphatic hydroxyl groups is 1. The van der Waals surface area contributed by atoms with Crippen LogP contribution in [0.3, 0.4) is 0 Å². The fourth-order valence-electron chi connectivity index (χ4n) is 3.21.